The van der Waals surface area contributed by atoms with E-state index in [1.807, 2.05) is 34.9 Å². The van der Waals surface area contributed by atoms with Crippen molar-refractivity contribution >= 4 is 35.2 Å². The number of piperidine rings is 1. The summed E-state index contributed by atoms with van der Waals surface area (Å²) in [4.78, 5) is 51.9. The summed E-state index contributed by atoms with van der Waals surface area (Å²) in [7, 11) is 1.60. The van der Waals surface area contributed by atoms with Crippen molar-refractivity contribution in [2.75, 3.05) is 75.8 Å². The number of benzene rings is 1. The number of urea groups is 1. The van der Waals surface area contributed by atoms with Crippen LogP contribution in [0.15, 0.2) is 48.8 Å². The maximum Gasteiger partial charge on any atom is 0.404 e. The molecule has 0 aliphatic carbocycles. The summed E-state index contributed by atoms with van der Waals surface area (Å²) in [5.41, 5.74) is 2.71. The van der Waals surface area contributed by atoms with Gasteiger partial charge in [0, 0.05) is 89.3 Å². The summed E-state index contributed by atoms with van der Waals surface area (Å²) in [6.07, 6.45) is 4.71. The molecule has 0 atom stereocenters. The summed E-state index contributed by atoms with van der Waals surface area (Å²) in [6.45, 7) is 8.16. The Kier molecular flexibility index (Phi) is 8.84. The van der Waals surface area contributed by atoms with Gasteiger partial charge in [-0.1, -0.05) is 12.1 Å². The molecule has 0 radical (unpaired) electrons. The van der Waals surface area contributed by atoms with Crippen LogP contribution in [0.3, 0.4) is 0 Å². The molecule has 0 unspecified atom stereocenters. The summed E-state index contributed by atoms with van der Waals surface area (Å²) in [6, 6.07) is 11.2. The minimum absolute atomic E-state index is 0.0696. The van der Waals surface area contributed by atoms with Gasteiger partial charge in [-0.05, 0) is 36.6 Å². The Bertz CT molecular complexity index is 1480. The molecule has 4 amide bonds. The molecule has 3 saturated heterocycles. The molecular formula is C31H40N8O5. The fourth-order valence-corrected chi connectivity index (χ4v) is 6.31. The largest absolute Gasteiger partial charge is 0.497 e. The Morgan fingerprint density at radius 1 is 0.977 bits per heavy atom. The molecule has 3 aromatic rings. The van der Waals surface area contributed by atoms with E-state index in [-0.39, 0.29) is 30.9 Å². The van der Waals surface area contributed by atoms with Crippen LogP contribution in [0.2, 0.25) is 0 Å². The van der Waals surface area contributed by atoms with E-state index in [4.69, 9.17) is 9.84 Å². The number of carbonyl (C=O) groups excluding carboxylic acids is 2. The van der Waals surface area contributed by atoms with Crippen molar-refractivity contribution in [3.8, 4) is 5.75 Å². The highest BCUT2D eigenvalue weighted by Gasteiger charge is 2.34. The Morgan fingerprint density at radius 3 is 2.36 bits per heavy atom. The van der Waals surface area contributed by atoms with Crippen LogP contribution in [-0.2, 0) is 11.3 Å². The van der Waals surface area contributed by atoms with Crippen LogP contribution in [0.4, 0.5) is 21.1 Å². The molecule has 44 heavy (non-hydrogen) atoms. The molecule has 3 fully saturated rings. The molecule has 13 nitrogen and oxygen atoms in total. The van der Waals surface area contributed by atoms with Gasteiger partial charge >= 0.3 is 12.1 Å². The average molecular weight is 605 g/mol. The lowest BCUT2D eigenvalue weighted by Gasteiger charge is -2.38. The van der Waals surface area contributed by atoms with E-state index in [1.165, 1.54) is 4.90 Å². The second-order valence-corrected chi connectivity index (χ2v) is 11.6. The van der Waals surface area contributed by atoms with Crippen LogP contribution >= 0.6 is 0 Å². The van der Waals surface area contributed by atoms with Crippen LogP contribution < -0.4 is 19.9 Å². The number of fused-ring (bicyclic) bond motifs is 1. The zero-order chi connectivity index (χ0) is 30.6. The van der Waals surface area contributed by atoms with Gasteiger partial charge in [-0.15, -0.1) is 0 Å². The standard InChI is InChI=1S/C31H40N8O5/c1-44-26-4-2-23(3-5-26)22-39-29(40)9-13-38(31(39)43)28-21-32-27-20-25(8-12-37(27)28)36-18-16-35(17-19-36)15-14-34-10-6-24(7-11-34)33-30(41)42/h2-5,8,12,20-21,24,33H,6-7,9-11,13-19,22H2,1H3,(H,41,42). The van der Waals surface area contributed by atoms with Crippen molar-refractivity contribution in [3.05, 3.63) is 54.4 Å². The second kappa shape index (κ2) is 13.1. The quantitative estimate of drug-likeness (QED) is 0.379. The molecule has 1 aromatic carbocycles. The highest BCUT2D eigenvalue weighted by molar-refractivity contribution is 6.05. The molecule has 0 saturated carbocycles. The van der Waals surface area contributed by atoms with Crippen molar-refractivity contribution in [1.82, 2.24) is 29.4 Å². The number of ether oxygens (including phenoxy) is 1. The molecular weight excluding hydrogens is 564 g/mol. The van der Waals surface area contributed by atoms with Gasteiger partial charge in [0.15, 0.2) is 0 Å². The van der Waals surface area contributed by atoms with Gasteiger partial charge in [0.05, 0.1) is 19.9 Å². The van der Waals surface area contributed by atoms with Crippen LogP contribution in [0.25, 0.3) is 5.65 Å². The van der Waals surface area contributed by atoms with Gasteiger partial charge in [-0.2, -0.15) is 0 Å². The minimum Gasteiger partial charge on any atom is -0.497 e. The van der Waals surface area contributed by atoms with Crippen molar-refractivity contribution in [2.24, 2.45) is 0 Å². The number of pyridine rings is 1. The highest BCUT2D eigenvalue weighted by atomic mass is 16.5. The summed E-state index contributed by atoms with van der Waals surface area (Å²) in [5.74, 6) is 1.19. The number of amides is 4. The number of nitrogens with one attached hydrogen (secondary N) is 1. The van der Waals surface area contributed by atoms with Crippen molar-refractivity contribution in [3.63, 3.8) is 0 Å². The van der Waals surface area contributed by atoms with Gasteiger partial charge in [0.25, 0.3) is 0 Å². The lowest BCUT2D eigenvalue weighted by molar-refractivity contribution is -0.129. The van der Waals surface area contributed by atoms with E-state index in [1.54, 1.807) is 18.2 Å². The molecule has 234 valence electrons. The smallest absolute Gasteiger partial charge is 0.404 e. The molecule has 13 heteroatoms. The number of aromatic nitrogens is 2. The number of hydrogen-bond acceptors (Lipinski definition) is 8. The number of piperazine rings is 1. The number of rotatable bonds is 9. The number of anilines is 2. The van der Waals surface area contributed by atoms with E-state index >= 15 is 0 Å². The van der Waals surface area contributed by atoms with Gasteiger partial charge in [0.2, 0.25) is 5.91 Å². The molecule has 5 heterocycles. The predicted molar refractivity (Wildman–Crippen MR) is 165 cm³/mol. The summed E-state index contributed by atoms with van der Waals surface area (Å²) < 4.78 is 7.13. The van der Waals surface area contributed by atoms with Crippen LogP contribution in [-0.4, -0.2) is 119 Å². The number of hydrogen-bond donors (Lipinski definition) is 2. The first kappa shape index (κ1) is 29.7. The Morgan fingerprint density at radius 2 is 1.68 bits per heavy atom. The molecule has 2 aromatic heterocycles. The number of nitrogens with zero attached hydrogens (tertiary/aromatic N) is 7. The zero-order valence-corrected chi connectivity index (χ0v) is 25.1. The van der Waals surface area contributed by atoms with Crippen molar-refractivity contribution < 1.29 is 24.2 Å². The van der Waals surface area contributed by atoms with Gasteiger partial charge in [-0.3, -0.25) is 23.9 Å². The lowest BCUT2D eigenvalue weighted by Crippen LogP contribution is -2.52. The van der Waals surface area contributed by atoms with E-state index in [0.717, 1.165) is 87.8 Å². The monoisotopic (exact) mass is 604 g/mol. The molecule has 2 N–H and O–H groups in total. The Hall–Kier alpha value is -4.36. The summed E-state index contributed by atoms with van der Waals surface area (Å²) in [5, 5.41) is 11.5. The third-order valence-electron chi connectivity index (χ3n) is 8.95. The molecule has 0 spiro atoms. The second-order valence-electron chi connectivity index (χ2n) is 11.6. The molecule has 6 rings (SSSR count). The van der Waals surface area contributed by atoms with E-state index in [0.29, 0.717) is 12.4 Å². The zero-order valence-electron chi connectivity index (χ0n) is 25.1. The van der Waals surface area contributed by atoms with E-state index in [2.05, 4.69) is 37.1 Å². The van der Waals surface area contributed by atoms with E-state index < -0.39 is 6.09 Å². The maximum atomic E-state index is 13.5. The van der Waals surface area contributed by atoms with Crippen LogP contribution in [0.5, 0.6) is 5.75 Å². The van der Waals surface area contributed by atoms with Crippen LogP contribution in [0, 0.1) is 0 Å². The fourth-order valence-electron chi connectivity index (χ4n) is 6.31. The third-order valence-corrected chi connectivity index (χ3v) is 8.95. The number of carbonyl (C=O) groups is 3. The first-order chi connectivity index (χ1) is 21.4. The average Bonchev–Trinajstić information content (AvgIpc) is 3.46. The fraction of sp³-hybridized carbons (Fsp3) is 0.484. The van der Waals surface area contributed by atoms with Crippen molar-refractivity contribution in [1.29, 1.82) is 0 Å². The van der Waals surface area contributed by atoms with Crippen molar-refractivity contribution in [2.45, 2.75) is 31.8 Å². The molecule has 3 aliphatic rings. The first-order valence-electron chi connectivity index (χ1n) is 15.3. The molecule has 3 aliphatic heterocycles. The number of carboxylic acid groups (broad SMARTS) is 1. The first-order valence-corrected chi connectivity index (χ1v) is 15.3. The van der Waals surface area contributed by atoms with Gasteiger partial charge in [-0.25, -0.2) is 14.6 Å². The summed E-state index contributed by atoms with van der Waals surface area (Å²) >= 11 is 0. The topological polar surface area (TPSA) is 126 Å². The highest BCUT2D eigenvalue weighted by Crippen LogP contribution is 2.26. The van der Waals surface area contributed by atoms with Gasteiger partial charge < -0.3 is 25.0 Å². The number of methoxy groups -OCH3 is 1. The van der Waals surface area contributed by atoms with E-state index in [9.17, 15) is 14.4 Å². The Labute approximate surface area is 256 Å². The number of likely N-dealkylation sites (tertiary alicyclic amines) is 1. The normalized spacial score (nSPS) is 19.2. The van der Waals surface area contributed by atoms with Crippen LogP contribution in [0.1, 0.15) is 24.8 Å². The maximum absolute atomic E-state index is 13.5. The minimum atomic E-state index is -0.934. The van der Waals surface area contributed by atoms with Gasteiger partial charge in [0.1, 0.15) is 17.2 Å². The third kappa shape index (κ3) is 6.58. The predicted octanol–water partition coefficient (Wildman–Crippen LogP) is 2.56. The Balaban J connectivity index is 1.03. The lowest BCUT2D eigenvalue weighted by atomic mass is 10.1. The molecule has 0 bridgehead atoms. The number of imidazole rings is 1. The SMILES string of the molecule is COc1ccc(CN2C(=O)CCN(c3cnc4cc(N5CCN(CCN6CCC(NC(=O)O)CC6)CC5)ccn34)C2=O)cc1. The number of imide groups is 1.